The van der Waals surface area contributed by atoms with Gasteiger partial charge in [0, 0.05) is 37.3 Å². The van der Waals surface area contributed by atoms with E-state index in [0.29, 0.717) is 5.95 Å². The molecule has 6 heteroatoms. The van der Waals surface area contributed by atoms with E-state index in [-0.39, 0.29) is 0 Å². The molecule has 0 fully saturated rings. The summed E-state index contributed by atoms with van der Waals surface area (Å²) in [6.45, 7) is 0. The van der Waals surface area contributed by atoms with E-state index in [4.69, 9.17) is 4.98 Å². The highest BCUT2D eigenvalue weighted by Gasteiger charge is 2.18. The van der Waals surface area contributed by atoms with Crippen LogP contribution in [0.5, 0.6) is 0 Å². The fraction of sp³-hybridized carbons (Fsp3) is 0. The summed E-state index contributed by atoms with van der Waals surface area (Å²) >= 11 is 1.80. The van der Waals surface area contributed by atoms with Crippen molar-refractivity contribution < 1.29 is 0 Å². The van der Waals surface area contributed by atoms with E-state index in [2.05, 4.69) is 74.1 Å². The molecule has 0 saturated carbocycles. The lowest BCUT2D eigenvalue weighted by Gasteiger charge is -2.06. The Morgan fingerprint density at radius 2 is 1.44 bits per heavy atom. The predicted molar refractivity (Wildman–Crippen MR) is 130 cm³/mol. The quantitative estimate of drug-likeness (QED) is 0.319. The maximum Gasteiger partial charge on any atom is 0.237 e. The van der Waals surface area contributed by atoms with E-state index < -0.39 is 0 Å². The van der Waals surface area contributed by atoms with Gasteiger partial charge in [-0.25, -0.2) is 15.0 Å². The third-order valence-corrected chi connectivity index (χ3v) is 7.02. The minimum Gasteiger partial charge on any atom is -0.276 e. The Hall–Kier alpha value is -4.16. The van der Waals surface area contributed by atoms with Crippen LogP contribution in [0.2, 0.25) is 0 Å². The Morgan fingerprint density at radius 3 is 2.31 bits per heavy atom. The van der Waals surface area contributed by atoms with Gasteiger partial charge in [0.15, 0.2) is 0 Å². The molecule has 4 aromatic heterocycles. The highest BCUT2D eigenvalue weighted by molar-refractivity contribution is 7.25. The van der Waals surface area contributed by atoms with Gasteiger partial charge in [0.05, 0.1) is 16.6 Å². The van der Waals surface area contributed by atoms with Crippen LogP contribution in [0, 0.1) is 0 Å². The second kappa shape index (κ2) is 6.67. The maximum absolute atomic E-state index is 4.91. The van der Waals surface area contributed by atoms with Crippen molar-refractivity contribution in [2.24, 2.45) is 0 Å². The highest BCUT2D eigenvalue weighted by atomic mass is 32.1. The van der Waals surface area contributed by atoms with Crippen LogP contribution >= 0.6 is 11.3 Å². The molecule has 5 nitrogen and oxygen atoms in total. The molecule has 0 aliphatic heterocycles. The Morgan fingerprint density at radius 1 is 0.625 bits per heavy atom. The largest absolute Gasteiger partial charge is 0.276 e. The highest BCUT2D eigenvalue weighted by Crippen LogP contribution is 2.40. The summed E-state index contributed by atoms with van der Waals surface area (Å²) in [5, 5.41) is 3.62. The third-order valence-electron chi connectivity index (χ3n) is 5.89. The summed E-state index contributed by atoms with van der Waals surface area (Å²) in [5.41, 5.74) is 5.15. The molecule has 150 valence electrons. The first-order valence-electron chi connectivity index (χ1n) is 10.3. The first-order valence-corrected chi connectivity index (χ1v) is 11.1. The van der Waals surface area contributed by atoms with Crippen LogP contribution < -0.4 is 0 Å². The van der Waals surface area contributed by atoms with Crippen molar-refractivity contribution in [1.29, 1.82) is 0 Å². The Balaban J connectivity index is 1.63. The standard InChI is InChI=1S/C26H15N5S/c1-2-6-16(7-3-1)17-10-22-25(28-13-17)20-11-19-18-8-4-5-9-23(18)32-24(19)12-21(20)31(22)26-29-14-27-15-30-26/h1-15H. The fourth-order valence-electron chi connectivity index (χ4n) is 4.45. The molecule has 0 spiro atoms. The van der Waals surface area contributed by atoms with Crippen LogP contribution in [0.4, 0.5) is 0 Å². The lowest BCUT2D eigenvalue weighted by Crippen LogP contribution is -2.00. The van der Waals surface area contributed by atoms with E-state index in [1.165, 1.54) is 32.8 Å². The second-order valence-corrected chi connectivity index (χ2v) is 8.78. The summed E-state index contributed by atoms with van der Waals surface area (Å²) in [5.74, 6) is 0.590. The second-order valence-electron chi connectivity index (χ2n) is 7.70. The van der Waals surface area contributed by atoms with Crippen LogP contribution in [0.25, 0.3) is 59.2 Å². The van der Waals surface area contributed by atoms with Gasteiger partial charge >= 0.3 is 0 Å². The number of nitrogens with zero attached hydrogens (tertiary/aromatic N) is 5. The van der Waals surface area contributed by atoms with E-state index in [1.807, 2.05) is 24.4 Å². The van der Waals surface area contributed by atoms with Gasteiger partial charge in [-0.1, -0.05) is 48.5 Å². The zero-order chi connectivity index (χ0) is 21.1. The maximum atomic E-state index is 4.91. The van der Waals surface area contributed by atoms with Crippen LogP contribution in [-0.4, -0.2) is 24.5 Å². The van der Waals surface area contributed by atoms with Gasteiger partial charge in [0.25, 0.3) is 0 Å². The van der Waals surface area contributed by atoms with Crippen LogP contribution in [-0.2, 0) is 0 Å². The number of fused-ring (bicyclic) bond motifs is 6. The van der Waals surface area contributed by atoms with Crippen molar-refractivity contribution >= 4 is 53.4 Å². The minimum absolute atomic E-state index is 0.590. The molecule has 0 amide bonds. The van der Waals surface area contributed by atoms with Gasteiger partial charge in [-0.05, 0) is 29.8 Å². The molecule has 0 atom stereocenters. The van der Waals surface area contributed by atoms with Crippen molar-refractivity contribution in [3.8, 4) is 17.1 Å². The molecular formula is C26H15N5S. The van der Waals surface area contributed by atoms with Crippen LogP contribution in [0.15, 0.2) is 91.6 Å². The minimum atomic E-state index is 0.590. The molecule has 0 aliphatic carbocycles. The molecule has 3 aromatic carbocycles. The number of thiophene rings is 1. The van der Waals surface area contributed by atoms with E-state index in [0.717, 1.165) is 33.1 Å². The number of benzene rings is 3. The summed E-state index contributed by atoms with van der Waals surface area (Å²) in [7, 11) is 0. The van der Waals surface area contributed by atoms with Crippen molar-refractivity contribution in [1.82, 2.24) is 24.5 Å². The molecule has 0 aliphatic rings. The number of pyridine rings is 1. The SMILES string of the molecule is c1ccc(-c2cnc3c4cc5c(cc4n(-c4ncncn4)c3c2)sc2ccccc25)cc1. The number of hydrogen-bond donors (Lipinski definition) is 0. The van der Waals surface area contributed by atoms with Crippen molar-refractivity contribution in [2.45, 2.75) is 0 Å². The molecule has 0 saturated heterocycles. The average Bonchev–Trinajstić information content (AvgIpc) is 3.38. The van der Waals surface area contributed by atoms with Gasteiger partial charge in [0.2, 0.25) is 5.95 Å². The lowest BCUT2D eigenvalue weighted by molar-refractivity contribution is 0.939. The van der Waals surface area contributed by atoms with Gasteiger partial charge in [0.1, 0.15) is 12.7 Å². The van der Waals surface area contributed by atoms with Crippen molar-refractivity contribution in [3.05, 3.63) is 91.6 Å². The topological polar surface area (TPSA) is 56.5 Å². The Bertz CT molecular complexity index is 1770. The Kier molecular flexibility index (Phi) is 3.65. The number of hydrogen-bond acceptors (Lipinski definition) is 5. The summed E-state index contributed by atoms with van der Waals surface area (Å²) < 4.78 is 4.61. The van der Waals surface area contributed by atoms with Gasteiger partial charge in [-0.3, -0.25) is 9.55 Å². The van der Waals surface area contributed by atoms with E-state index >= 15 is 0 Å². The molecule has 0 N–H and O–H groups in total. The van der Waals surface area contributed by atoms with Crippen molar-refractivity contribution in [2.75, 3.05) is 0 Å². The lowest BCUT2D eigenvalue weighted by atomic mass is 10.1. The van der Waals surface area contributed by atoms with Crippen molar-refractivity contribution in [3.63, 3.8) is 0 Å². The van der Waals surface area contributed by atoms with E-state index in [9.17, 15) is 0 Å². The molecule has 0 bridgehead atoms. The first kappa shape index (κ1) is 17.5. The first-order chi connectivity index (χ1) is 15.9. The Labute approximate surface area is 186 Å². The molecular weight excluding hydrogens is 414 g/mol. The number of aromatic nitrogens is 5. The average molecular weight is 430 g/mol. The molecule has 32 heavy (non-hydrogen) atoms. The zero-order valence-corrected chi connectivity index (χ0v) is 17.6. The predicted octanol–water partition coefficient (Wildman–Crippen LogP) is 6.40. The summed E-state index contributed by atoms with van der Waals surface area (Å²) in [6, 6.07) is 25.5. The summed E-state index contributed by atoms with van der Waals surface area (Å²) in [4.78, 5) is 17.9. The molecule has 0 unspecified atom stereocenters. The number of rotatable bonds is 2. The molecule has 4 heterocycles. The molecule has 0 radical (unpaired) electrons. The van der Waals surface area contributed by atoms with Gasteiger partial charge in [-0.2, -0.15) is 0 Å². The van der Waals surface area contributed by atoms with Gasteiger partial charge < -0.3 is 0 Å². The fourth-order valence-corrected chi connectivity index (χ4v) is 5.57. The smallest absolute Gasteiger partial charge is 0.237 e. The van der Waals surface area contributed by atoms with E-state index in [1.54, 1.807) is 11.3 Å². The third kappa shape index (κ3) is 2.50. The van der Waals surface area contributed by atoms with Gasteiger partial charge in [-0.15, -0.1) is 11.3 Å². The van der Waals surface area contributed by atoms with Crippen LogP contribution in [0.1, 0.15) is 0 Å². The molecule has 7 aromatic rings. The van der Waals surface area contributed by atoms with Crippen LogP contribution in [0.3, 0.4) is 0 Å². The normalized spacial score (nSPS) is 11.8. The monoisotopic (exact) mass is 429 g/mol. The molecule has 7 rings (SSSR count). The zero-order valence-electron chi connectivity index (χ0n) is 16.8. The summed E-state index contributed by atoms with van der Waals surface area (Å²) in [6.07, 6.45) is 5.02.